The maximum Gasteiger partial charge on any atom is 0.174 e. The van der Waals surface area contributed by atoms with Crippen LogP contribution in [0.25, 0.3) is 11.6 Å². The molecule has 0 saturated carbocycles. The van der Waals surface area contributed by atoms with Crippen LogP contribution in [-0.4, -0.2) is 26.9 Å². The number of nitrogens with zero attached hydrogens (tertiary/aromatic N) is 3. The number of imidazole rings is 1. The average Bonchev–Trinajstić information content (AvgIpc) is 2.89. The molecule has 3 rings (SSSR count). The van der Waals surface area contributed by atoms with Crippen LogP contribution in [0.4, 0.5) is 10.1 Å². The standard InChI is InChI=1S/C12H11FN4OS/c13-9-3-8(14)4-15-12(9)17-5-10(16-7-17)11-6-19-2-1-18-11/h3-7H,1-2,14H2. The largest absolute Gasteiger partial charge is 0.490 e. The van der Waals surface area contributed by atoms with E-state index in [1.165, 1.54) is 23.2 Å². The van der Waals surface area contributed by atoms with Crippen molar-refractivity contribution in [1.82, 2.24) is 14.5 Å². The van der Waals surface area contributed by atoms with Crippen molar-refractivity contribution in [1.29, 1.82) is 0 Å². The number of aromatic nitrogens is 3. The maximum absolute atomic E-state index is 13.7. The van der Waals surface area contributed by atoms with Crippen molar-refractivity contribution in [2.45, 2.75) is 0 Å². The Kier molecular flexibility index (Phi) is 3.12. The second-order valence-corrected chi connectivity index (χ2v) is 4.92. The second-order valence-electron chi connectivity index (χ2n) is 3.94. The van der Waals surface area contributed by atoms with Gasteiger partial charge in [-0.1, -0.05) is 0 Å². The Labute approximate surface area is 113 Å². The summed E-state index contributed by atoms with van der Waals surface area (Å²) in [6.45, 7) is 0.651. The Morgan fingerprint density at radius 3 is 3.05 bits per heavy atom. The van der Waals surface area contributed by atoms with Crippen molar-refractivity contribution in [3.8, 4) is 5.82 Å². The van der Waals surface area contributed by atoms with Crippen LogP contribution >= 0.6 is 11.8 Å². The zero-order valence-corrected chi connectivity index (χ0v) is 10.7. The number of anilines is 1. The lowest BCUT2D eigenvalue weighted by molar-refractivity contribution is 0.298. The van der Waals surface area contributed by atoms with E-state index in [9.17, 15) is 4.39 Å². The van der Waals surface area contributed by atoms with Crippen molar-refractivity contribution >= 4 is 23.2 Å². The molecule has 0 fully saturated rings. The number of halogens is 1. The molecule has 98 valence electrons. The third-order valence-electron chi connectivity index (χ3n) is 2.57. The summed E-state index contributed by atoms with van der Waals surface area (Å²) in [5.74, 6) is 1.30. The smallest absolute Gasteiger partial charge is 0.174 e. The van der Waals surface area contributed by atoms with Gasteiger partial charge in [-0.25, -0.2) is 14.4 Å². The van der Waals surface area contributed by atoms with Gasteiger partial charge in [-0.3, -0.25) is 4.57 Å². The van der Waals surface area contributed by atoms with Crippen molar-refractivity contribution < 1.29 is 9.13 Å². The van der Waals surface area contributed by atoms with Crippen LogP contribution in [0.15, 0.2) is 30.2 Å². The summed E-state index contributed by atoms with van der Waals surface area (Å²) in [4.78, 5) is 8.16. The zero-order valence-electron chi connectivity index (χ0n) is 9.91. The van der Waals surface area contributed by atoms with Gasteiger partial charge in [0.1, 0.15) is 12.0 Å². The van der Waals surface area contributed by atoms with E-state index in [0.29, 0.717) is 18.1 Å². The molecule has 2 N–H and O–H groups in total. The van der Waals surface area contributed by atoms with Crippen LogP contribution < -0.4 is 5.73 Å². The van der Waals surface area contributed by atoms with Gasteiger partial charge >= 0.3 is 0 Å². The molecular weight excluding hydrogens is 267 g/mol. The predicted octanol–water partition coefficient (Wildman–Crippen LogP) is 2.05. The van der Waals surface area contributed by atoms with Gasteiger partial charge in [-0.15, -0.1) is 11.8 Å². The number of rotatable bonds is 2. The molecule has 0 unspecified atom stereocenters. The molecular formula is C12H11FN4OS. The topological polar surface area (TPSA) is 66.0 Å². The molecule has 0 bridgehead atoms. The number of pyridine rings is 1. The Morgan fingerprint density at radius 2 is 2.32 bits per heavy atom. The Balaban J connectivity index is 1.94. The number of ether oxygens (including phenoxy) is 1. The molecule has 0 aliphatic carbocycles. The zero-order chi connectivity index (χ0) is 13.2. The summed E-state index contributed by atoms with van der Waals surface area (Å²) >= 11 is 1.67. The molecule has 0 amide bonds. The van der Waals surface area contributed by atoms with Crippen LogP contribution in [0.2, 0.25) is 0 Å². The number of thioether (sulfide) groups is 1. The van der Waals surface area contributed by atoms with E-state index in [2.05, 4.69) is 9.97 Å². The van der Waals surface area contributed by atoms with Gasteiger partial charge < -0.3 is 10.5 Å². The summed E-state index contributed by atoms with van der Waals surface area (Å²) in [7, 11) is 0. The van der Waals surface area contributed by atoms with E-state index in [-0.39, 0.29) is 11.5 Å². The van der Waals surface area contributed by atoms with Gasteiger partial charge in [0.15, 0.2) is 17.4 Å². The SMILES string of the molecule is Nc1cnc(-n2cnc(C3=CSCCO3)c2)c(F)c1. The summed E-state index contributed by atoms with van der Waals surface area (Å²) < 4.78 is 20.7. The Morgan fingerprint density at radius 1 is 1.42 bits per heavy atom. The fourth-order valence-electron chi connectivity index (χ4n) is 1.70. The summed E-state index contributed by atoms with van der Waals surface area (Å²) in [6, 6.07) is 1.23. The minimum Gasteiger partial charge on any atom is -0.490 e. The van der Waals surface area contributed by atoms with Crippen LogP contribution in [-0.2, 0) is 4.74 Å². The number of nitrogens with two attached hydrogens (primary N) is 1. The lowest BCUT2D eigenvalue weighted by Gasteiger charge is -2.12. The van der Waals surface area contributed by atoms with Gasteiger partial charge in [-0.2, -0.15) is 0 Å². The Bertz CT molecular complexity index is 640. The normalized spacial score (nSPS) is 14.9. The fourth-order valence-corrected chi connectivity index (χ4v) is 2.34. The van der Waals surface area contributed by atoms with Crippen LogP contribution in [0, 0.1) is 5.82 Å². The first kappa shape index (κ1) is 12.0. The molecule has 7 heteroatoms. The molecule has 19 heavy (non-hydrogen) atoms. The molecule has 0 radical (unpaired) electrons. The first-order valence-electron chi connectivity index (χ1n) is 5.64. The highest BCUT2D eigenvalue weighted by Crippen LogP contribution is 2.24. The highest BCUT2D eigenvalue weighted by atomic mass is 32.2. The monoisotopic (exact) mass is 278 g/mol. The van der Waals surface area contributed by atoms with Gasteiger partial charge in [0.2, 0.25) is 0 Å². The molecule has 0 saturated heterocycles. The minimum absolute atomic E-state index is 0.164. The third-order valence-corrected chi connectivity index (χ3v) is 3.35. The van der Waals surface area contributed by atoms with Gasteiger partial charge in [-0.05, 0) is 0 Å². The second kappa shape index (κ2) is 4.93. The first-order valence-corrected chi connectivity index (χ1v) is 6.69. The Hall–Kier alpha value is -2.02. The van der Waals surface area contributed by atoms with E-state index in [1.807, 2.05) is 5.41 Å². The number of nitrogen functional groups attached to an aromatic ring is 1. The highest BCUT2D eigenvalue weighted by molar-refractivity contribution is 8.02. The van der Waals surface area contributed by atoms with Crippen LogP contribution in [0.3, 0.4) is 0 Å². The summed E-state index contributed by atoms with van der Waals surface area (Å²) in [5.41, 5.74) is 6.41. The minimum atomic E-state index is -0.489. The van der Waals surface area contributed by atoms with Crippen molar-refractivity contribution in [2.75, 3.05) is 18.1 Å². The quantitative estimate of drug-likeness (QED) is 0.910. The van der Waals surface area contributed by atoms with E-state index in [0.717, 1.165) is 5.75 Å². The van der Waals surface area contributed by atoms with E-state index in [1.54, 1.807) is 18.0 Å². The van der Waals surface area contributed by atoms with E-state index in [4.69, 9.17) is 10.5 Å². The molecule has 2 aromatic rings. The average molecular weight is 278 g/mol. The van der Waals surface area contributed by atoms with Crippen molar-refractivity contribution in [2.24, 2.45) is 0 Å². The first-order chi connectivity index (χ1) is 9.24. The molecule has 3 heterocycles. The van der Waals surface area contributed by atoms with Crippen LogP contribution in [0.1, 0.15) is 5.69 Å². The number of hydrogen-bond donors (Lipinski definition) is 1. The molecule has 0 atom stereocenters. The summed E-state index contributed by atoms with van der Waals surface area (Å²) in [6.07, 6.45) is 4.59. The maximum atomic E-state index is 13.7. The summed E-state index contributed by atoms with van der Waals surface area (Å²) in [5, 5.41) is 1.91. The van der Waals surface area contributed by atoms with Crippen molar-refractivity contribution in [3.05, 3.63) is 41.7 Å². The lowest BCUT2D eigenvalue weighted by atomic mass is 10.4. The van der Waals surface area contributed by atoms with E-state index < -0.39 is 5.82 Å². The van der Waals surface area contributed by atoms with E-state index >= 15 is 0 Å². The molecule has 0 spiro atoms. The molecule has 0 aromatic carbocycles. The predicted molar refractivity (Wildman–Crippen MR) is 72.1 cm³/mol. The lowest BCUT2D eigenvalue weighted by Crippen LogP contribution is -2.02. The molecule has 1 aliphatic rings. The molecule has 5 nitrogen and oxygen atoms in total. The number of hydrogen-bond acceptors (Lipinski definition) is 5. The molecule has 2 aromatic heterocycles. The fraction of sp³-hybridized carbons (Fsp3) is 0.167. The van der Waals surface area contributed by atoms with Crippen LogP contribution in [0.5, 0.6) is 0 Å². The van der Waals surface area contributed by atoms with Gasteiger partial charge in [0.25, 0.3) is 0 Å². The highest BCUT2D eigenvalue weighted by Gasteiger charge is 2.13. The molecule has 1 aliphatic heterocycles. The van der Waals surface area contributed by atoms with Gasteiger partial charge in [0, 0.05) is 23.4 Å². The van der Waals surface area contributed by atoms with Gasteiger partial charge in [0.05, 0.1) is 18.5 Å². The van der Waals surface area contributed by atoms with Crippen molar-refractivity contribution in [3.63, 3.8) is 0 Å². The third kappa shape index (κ3) is 2.41.